The van der Waals surface area contributed by atoms with Crippen molar-refractivity contribution in [3.8, 4) is 0 Å². The first-order valence-electron chi connectivity index (χ1n) is 4.23. The van der Waals surface area contributed by atoms with Crippen molar-refractivity contribution in [2.45, 2.75) is 12.2 Å². The third kappa shape index (κ3) is 2.65. The van der Waals surface area contributed by atoms with Crippen molar-refractivity contribution in [3.05, 3.63) is 39.9 Å². The van der Waals surface area contributed by atoms with E-state index in [-0.39, 0.29) is 17.1 Å². The molecule has 0 aliphatic rings. The summed E-state index contributed by atoms with van der Waals surface area (Å²) in [5.74, 6) is -0.187. The average Bonchev–Trinajstić information content (AvgIpc) is 2.27. The van der Waals surface area contributed by atoms with Crippen LogP contribution in [0.3, 0.4) is 0 Å². The maximum absolute atomic E-state index is 10.6. The summed E-state index contributed by atoms with van der Waals surface area (Å²) in [6.45, 7) is 0. The number of halogens is 1. The highest BCUT2D eigenvalue weighted by Crippen LogP contribution is 2.27. The van der Waals surface area contributed by atoms with Gasteiger partial charge >= 0.3 is 0 Å². The molecule has 0 fully saturated rings. The van der Waals surface area contributed by atoms with Crippen molar-refractivity contribution >= 4 is 17.3 Å². The van der Waals surface area contributed by atoms with Gasteiger partial charge in [0.2, 0.25) is 0 Å². The summed E-state index contributed by atoms with van der Waals surface area (Å²) in [7, 11) is 0. The van der Waals surface area contributed by atoms with Crippen LogP contribution >= 0.6 is 11.6 Å². The maximum Gasteiger partial charge on any atom is 0.275 e. The Balaban J connectivity index is 3.07. The fourth-order valence-electron chi connectivity index (χ4n) is 1.20. The third-order valence-corrected chi connectivity index (χ3v) is 2.29. The van der Waals surface area contributed by atoms with Crippen molar-refractivity contribution in [3.63, 3.8) is 0 Å². The second kappa shape index (κ2) is 5.06. The molecule has 1 aromatic rings. The Morgan fingerprint density at radius 2 is 2.00 bits per heavy atom. The molecule has 0 spiro atoms. The summed E-state index contributed by atoms with van der Waals surface area (Å²) in [5, 5.41) is 29.5. The van der Waals surface area contributed by atoms with E-state index < -0.39 is 17.1 Å². The van der Waals surface area contributed by atoms with Gasteiger partial charge in [0.05, 0.1) is 22.5 Å². The molecule has 0 bridgehead atoms. The highest BCUT2D eigenvalue weighted by Gasteiger charge is 2.24. The maximum atomic E-state index is 10.6. The Kier molecular flexibility index (Phi) is 4.02. The largest absolute Gasteiger partial charge is 0.389 e. The summed E-state index contributed by atoms with van der Waals surface area (Å²) >= 11 is 5.35. The quantitative estimate of drug-likeness (QED) is 0.464. The molecule has 0 radical (unpaired) electrons. The van der Waals surface area contributed by atoms with Crippen LogP contribution < -0.4 is 0 Å². The zero-order valence-corrected chi connectivity index (χ0v) is 8.46. The number of hydrogen-bond acceptors (Lipinski definition) is 4. The summed E-state index contributed by atoms with van der Waals surface area (Å²) in [4.78, 5) is 10.0. The minimum atomic E-state index is -1.34. The molecule has 6 heteroatoms. The van der Waals surface area contributed by atoms with Crippen molar-refractivity contribution in [2.75, 3.05) is 5.88 Å². The Bertz CT molecular complexity index is 358. The van der Waals surface area contributed by atoms with E-state index in [0.29, 0.717) is 0 Å². The first-order chi connectivity index (χ1) is 7.07. The van der Waals surface area contributed by atoms with E-state index in [1.807, 2.05) is 0 Å². The highest BCUT2D eigenvalue weighted by atomic mass is 35.5. The Labute approximate surface area is 91.1 Å². The van der Waals surface area contributed by atoms with E-state index >= 15 is 0 Å². The predicted octanol–water partition coefficient (Wildman–Crippen LogP) is 1.23. The van der Waals surface area contributed by atoms with Crippen molar-refractivity contribution in [2.24, 2.45) is 0 Å². The first kappa shape index (κ1) is 11.9. The number of nitrogens with zero attached hydrogens (tertiary/aromatic N) is 1. The minimum absolute atomic E-state index is 0.0654. The molecule has 2 atom stereocenters. The molecule has 0 saturated heterocycles. The number of para-hydroxylation sites is 1. The normalized spacial score (nSPS) is 14.6. The van der Waals surface area contributed by atoms with Crippen LogP contribution in [0, 0.1) is 10.1 Å². The molecule has 1 aromatic carbocycles. The van der Waals surface area contributed by atoms with E-state index in [2.05, 4.69) is 0 Å². The molecule has 0 heterocycles. The summed E-state index contributed by atoms with van der Waals surface area (Å²) < 4.78 is 0. The summed E-state index contributed by atoms with van der Waals surface area (Å²) in [6, 6.07) is 5.69. The molecular formula is C9H10ClNO4. The zero-order chi connectivity index (χ0) is 11.4. The molecule has 0 aliphatic carbocycles. The second-order valence-corrected chi connectivity index (χ2v) is 3.29. The molecule has 2 N–H and O–H groups in total. The van der Waals surface area contributed by atoms with Crippen LogP contribution in [0.2, 0.25) is 0 Å². The number of alkyl halides is 1. The van der Waals surface area contributed by atoms with Gasteiger partial charge in [-0.25, -0.2) is 0 Å². The highest BCUT2D eigenvalue weighted by molar-refractivity contribution is 6.18. The van der Waals surface area contributed by atoms with Gasteiger partial charge in [-0.1, -0.05) is 12.1 Å². The first-order valence-corrected chi connectivity index (χ1v) is 4.76. The Morgan fingerprint density at radius 3 is 2.53 bits per heavy atom. The smallest absolute Gasteiger partial charge is 0.275 e. The predicted molar refractivity (Wildman–Crippen MR) is 54.8 cm³/mol. The monoisotopic (exact) mass is 231 g/mol. The lowest BCUT2D eigenvalue weighted by Gasteiger charge is -2.15. The van der Waals surface area contributed by atoms with Crippen LogP contribution in [0.4, 0.5) is 5.69 Å². The van der Waals surface area contributed by atoms with Gasteiger partial charge < -0.3 is 10.2 Å². The summed E-state index contributed by atoms with van der Waals surface area (Å²) in [6.07, 6.45) is -2.56. The van der Waals surface area contributed by atoms with E-state index in [1.54, 1.807) is 6.07 Å². The lowest BCUT2D eigenvalue weighted by atomic mass is 10.0. The van der Waals surface area contributed by atoms with Crippen molar-refractivity contribution in [1.29, 1.82) is 0 Å². The number of benzene rings is 1. The van der Waals surface area contributed by atoms with Gasteiger partial charge in [0.15, 0.2) is 0 Å². The number of nitro groups is 1. The van der Waals surface area contributed by atoms with E-state index in [4.69, 9.17) is 11.6 Å². The van der Waals surface area contributed by atoms with Gasteiger partial charge in [-0.15, -0.1) is 11.6 Å². The van der Waals surface area contributed by atoms with E-state index in [9.17, 15) is 20.3 Å². The van der Waals surface area contributed by atoms with E-state index in [0.717, 1.165) is 0 Å². The molecule has 0 aliphatic heterocycles. The van der Waals surface area contributed by atoms with Gasteiger partial charge in [0, 0.05) is 6.07 Å². The number of aliphatic hydroxyl groups excluding tert-OH is 2. The SMILES string of the molecule is O=[N+]([O-])c1ccccc1C(O)C(O)CCl. The number of hydrogen-bond donors (Lipinski definition) is 2. The van der Waals surface area contributed by atoms with Crippen molar-refractivity contribution in [1.82, 2.24) is 0 Å². The van der Waals surface area contributed by atoms with Gasteiger partial charge in [0.25, 0.3) is 5.69 Å². The fourth-order valence-corrected chi connectivity index (χ4v) is 1.36. The number of aliphatic hydroxyl groups is 2. The summed E-state index contributed by atoms with van der Waals surface area (Å²) in [5.41, 5.74) is -0.162. The molecule has 0 aromatic heterocycles. The molecule has 5 nitrogen and oxygen atoms in total. The average molecular weight is 232 g/mol. The lowest BCUT2D eigenvalue weighted by Crippen LogP contribution is -2.20. The lowest BCUT2D eigenvalue weighted by molar-refractivity contribution is -0.386. The van der Waals surface area contributed by atoms with Crippen LogP contribution in [0.5, 0.6) is 0 Å². The van der Waals surface area contributed by atoms with Gasteiger partial charge in [-0.3, -0.25) is 10.1 Å². The van der Waals surface area contributed by atoms with E-state index in [1.165, 1.54) is 18.2 Å². The minimum Gasteiger partial charge on any atom is -0.389 e. The Hall–Kier alpha value is -1.17. The van der Waals surface area contributed by atoms with Gasteiger partial charge in [0.1, 0.15) is 6.10 Å². The topological polar surface area (TPSA) is 83.6 Å². The standard InChI is InChI=1S/C9H10ClNO4/c10-5-8(12)9(13)6-3-1-2-4-7(6)11(14)15/h1-4,8-9,12-13H,5H2. The van der Waals surface area contributed by atoms with Crippen LogP contribution in [-0.4, -0.2) is 27.1 Å². The molecule has 2 unspecified atom stereocenters. The fraction of sp³-hybridized carbons (Fsp3) is 0.333. The van der Waals surface area contributed by atoms with Crippen LogP contribution in [0.25, 0.3) is 0 Å². The molecule has 0 saturated carbocycles. The second-order valence-electron chi connectivity index (χ2n) is 2.98. The third-order valence-electron chi connectivity index (χ3n) is 1.97. The Morgan fingerprint density at radius 1 is 1.40 bits per heavy atom. The van der Waals surface area contributed by atoms with Gasteiger partial charge in [-0.05, 0) is 6.07 Å². The van der Waals surface area contributed by atoms with Gasteiger partial charge in [-0.2, -0.15) is 0 Å². The van der Waals surface area contributed by atoms with Crippen LogP contribution in [0.15, 0.2) is 24.3 Å². The molecule has 15 heavy (non-hydrogen) atoms. The molecule has 1 rings (SSSR count). The van der Waals surface area contributed by atoms with Crippen molar-refractivity contribution < 1.29 is 15.1 Å². The zero-order valence-electron chi connectivity index (χ0n) is 7.71. The molecule has 0 amide bonds. The number of rotatable bonds is 4. The molecule has 82 valence electrons. The molecular weight excluding hydrogens is 222 g/mol. The number of nitro benzene ring substituents is 1. The van der Waals surface area contributed by atoms with Crippen LogP contribution in [-0.2, 0) is 0 Å². The van der Waals surface area contributed by atoms with Crippen LogP contribution in [0.1, 0.15) is 11.7 Å².